The van der Waals surface area contributed by atoms with Crippen LogP contribution >= 0.6 is 0 Å². The Kier molecular flexibility index (Phi) is 1.92. The van der Waals surface area contributed by atoms with Gasteiger partial charge >= 0.3 is 5.97 Å². The molecule has 0 amide bonds. The number of fused-ring (bicyclic) bond motifs is 1. The number of para-hydroxylation sites is 1. The van der Waals surface area contributed by atoms with Crippen LogP contribution in [0, 0.1) is 5.82 Å². The standard InChI is InChI=1S/C12H9FN2O2/c13-8-3-1-2-7-9(8)14-6-15-10(7)12(4-5-12)11(16)17/h1-3,6H,4-5H2,(H,16,17). The molecule has 0 aliphatic heterocycles. The molecule has 3 rings (SSSR count). The largest absolute Gasteiger partial charge is 0.481 e. The van der Waals surface area contributed by atoms with Crippen molar-refractivity contribution < 1.29 is 14.3 Å². The fourth-order valence-corrected chi connectivity index (χ4v) is 2.11. The molecule has 0 radical (unpaired) electrons. The van der Waals surface area contributed by atoms with E-state index in [-0.39, 0.29) is 5.52 Å². The van der Waals surface area contributed by atoms with Gasteiger partial charge in [0.2, 0.25) is 0 Å². The molecule has 0 unspecified atom stereocenters. The molecule has 17 heavy (non-hydrogen) atoms. The molecule has 5 heteroatoms. The molecule has 0 saturated heterocycles. The maximum atomic E-state index is 13.5. The molecule has 0 atom stereocenters. The fourth-order valence-electron chi connectivity index (χ4n) is 2.11. The predicted octanol–water partition coefficient (Wildman–Crippen LogP) is 1.89. The van der Waals surface area contributed by atoms with Crippen molar-refractivity contribution in [1.29, 1.82) is 0 Å². The molecule has 0 spiro atoms. The molecule has 1 N–H and O–H groups in total. The third kappa shape index (κ3) is 1.32. The first kappa shape index (κ1) is 10.1. The summed E-state index contributed by atoms with van der Waals surface area (Å²) in [7, 11) is 0. The van der Waals surface area contributed by atoms with Gasteiger partial charge in [0.25, 0.3) is 0 Å². The van der Waals surface area contributed by atoms with Gasteiger partial charge in [0.05, 0.1) is 5.69 Å². The van der Waals surface area contributed by atoms with Crippen LogP contribution in [0.5, 0.6) is 0 Å². The number of nitrogens with zero attached hydrogens (tertiary/aromatic N) is 2. The number of hydrogen-bond acceptors (Lipinski definition) is 3. The van der Waals surface area contributed by atoms with Crippen molar-refractivity contribution in [3.8, 4) is 0 Å². The van der Waals surface area contributed by atoms with E-state index < -0.39 is 17.2 Å². The van der Waals surface area contributed by atoms with Crippen LogP contribution in [-0.4, -0.2) is 21.0 Å². The van der Waals surface area contributed by atoms with Crippen LogP contribution in [0.1, 0.15) is 18.5 Å². The van der Waals surface area contributed by atoms with Gasteiger partial charge in [0, 0.05) is 5.39 Å². The molecule has 0 bridgehead atoms. The summed E-state index contributed by atoms with van der Waals surface area (Å²) in [5.74, 6) is -1.35. The highest BCUT2D eigenvalue weighted by atomic mass is 19.1. The van der Waals surface area contributed by atoms with Crippen molar-refractivity contribution in [2.75, 3.05) is 0 Å². The lowest BCUT2D eigenvalue weighted by molar-refractivity contribution is -0.140. The van der Waals surface area contributed by atoms with Crippen LogP contribution in [0.25, 0.3) is 10.9 Å². The molecule has 1 aromatic heterocycles. The summed E-state index contributed by atoms with van der Waals surface area (Å²) < 4.78 is 13.5. The van der Waals surface area contributed by atoms with Crippen molar-refractivity contribution in [2.45, 2.75) is 18.3 Å². The lowest BCUT2D eigenvalue weighted by atomic mass is 9.98. The van der Waals surface area contributed by atoms with Gasteiger partial charge in [-0.1, -0.05) is 12.1 Å². The third-order valence-corrected chi connectivity index (χ3v) is 3.23. The first-order valence-electron chi connectivity index (χ1n) is 5.28. The minimum absolute atomic E-state index is 0.185. The van der Waals surface area contributed by atoms with Gasteiger partial charge < -0.3 is 5.11 Å². The van der Waals surface area contributed by atoms with Gasteiger partial charge in [-0.05, 0) is 18.9 Å². The Hall–Kier alpha value is -2.04. The van der Waals surface area contributed by atoms with E-state index in [2.05, 4.69) is 9.97 Å². The van der Waals surface area contributed by atoms with Crippen LogP contribution in [0.3, 0.4) is 0 Å². The molecule has 4 nitrogen and oxygen atoms in total. The molecule has 1 saturated carbocycles. The average molecular weight is 232 g/mol. The van der Waals surface area contributed by atoms with Crippen LogP contribution in [-0.2, 0) is 10.2 Å². The quantitative estimate of drug-likeness (QED) is 0.858. The molecule has 1 heterocycles. The second-order valence-electron chi connectivity index (χ2n) is 4.25. The van der Waals surface area contributed by atoms with Crippen LogP contribution in [0.2, 0.25) is 0 Å². The number of aromatic nitrogens is 2. The summed E-state index contributed by atoms with van der Waals surface area (Å²) in [6, 6.07) is 4.51. The number of hydrogen-bond donors (Lipinski definition) is 1. The maximum absolute atomic E-state index is 13.5. The number of rotatable bonds is 2. The lowest BCUT2D eigenvalue weighted by Crippen LogP contribution is -2.21. The summed E-state index contributed by atoms with van der Waals surface area (Å²) in [5.41, 5.74) is -0.325. The first-order valence-corrected chi connectivity index (χ1v) is 5.28. The zero-order valence-corrected chi connectivity index (χ0v) is 8.85. The SMILES string of the molecule is O=C(O)C1(c2ncnc3c(F)cccc23)CC1. The van der Waals surface area contributed by atoms with Crippen LogP contribution in [0.15, 0.2) is 24.5 Å². The summed E-state index contributed by atoms with van der Waals surface area (Å²) in [6.45, 7) is 0. The maximum Gasteiger partial charge on any atom is 0.315 e. The molecule has 1 fully saturated rings. The Morgan fingerprint density at radius 2 is 2.12 bits per heavy atom. The summed E-state index contributed by atoms with van der Waals surface area (Å²) in [6.07, 6.45) is 2.32. The van der Waals surface area contributed by atoms with Crippen molar-refractivity contribution >= 4 is 16.9 Å². The highest BCUT2D eigenvalue weighted by Gasteiger charge is 2.54. The molecular weight excluding hydrogens is 223 g/mol. The number of aliphatic carboxylic acids is 1. The molecule has 1 aliphatic carbocycles. The van der Waals surface area contributed by atoms with Gasteiger partial charge in [-0.15, -0.1) is 0 Å². The van der Waals surface area contributed by atoms with Gasteiger partial charge in [-0.25, -0.2) is 14.4 Å². The lowest BCUT2D eigenvalue weighted by Gasteiger charge is -2.11. The van der Waals surface area contributed by atoms with E-state index in [0.717, 1.165) is 0 Å². The average Bonchev–Trinajstić information content (AvgIpc) is 3.10. The Labute approximate surface area is 96.1 Å². The Morgan fingerprint density at radius 1 is 1.35 bits per heavy atom. The van der Waals surface area contributed by atoms with E-state index in [9.17, 15) is 14.3 Å². The summed E-state index contributed by atoms with van der Waals surface area (Å²) >= 11 is 0. The predicted molar refractivity (Wildman–Crippen MR) is 58.0 cm³/mol. The molecular formula is C12H9FN2O2. The number of benzene rings is 1. The van der Waals surface area contributed by atoms with Crippen molar-refractivity contribution in [1.82, 2.24) is 9.97 Å². The van der Waals surface area contributed by atoms with Crippen LogP contribution in [0.4, 0.5) is 4.39 Å². The number of carboxylic acids is 1. The van der Waals surface area contributed by atoms with E-state index >= 15 is 0 Å². The van der Waals surface area contributed by atoms with E-state index in [4.69, 9.17) is 0 Å². The molecule has 2 aromatic rings. The zero-order valence-electron chi connectivity index (χ0n) is 8.85. The third-order valence-electron chi connectivity index (χ3n) is 3.23. The molecule has 1 aliphatic rings. The Morgan fingerprint density at radius 3 is 2.76 bits per heavy atom. The first-order chi connectivity index (χ1) is 8.15. The van der Waals surface area contributed by atoms with Gasteiger partial charge in [-0.3, -0.25) is 4.79 Å². The zero-order chi connectivity index (χ0) is 12.0. The normalized spacial score (nSPS) is 17.0. The minimum Gasteiger partial charge on any atom is -0.481 e. The van der Waals surface area contributed by atoms with Crippen molar-refractivity contribution in [3.05, 3.63) is 36.0 Å². The van der Waals surface area contributed by atoms with E-state index in [1.807, 2.05) is 0 Å². The second kappa shape index (κ2) is 3.23. The second-order valence-corrected chi connectivity index (χ2v) is 4.25. The van der Waals surface area contributed by atoms with Gasteiger partial charge in [0.15, 0.2) is 0 Å². The number of carbonyl (C=O) groups is 1. The fraction of sp³-hybridized carbons (Fsp3) is 0.250. The van der Waals surface area contributed by atoms with Gasteiger partial charge in [-0.2, -0.15) is 0 Å². The number of carboxylic acid groups (broad SMARTS) is 1. The van der Waals surface area contributed by atoms with Gasteiger partial charge in [0.1, 0.15) is 23.1 Å². The monoisotopic (exact) mass is 232 g/mol. The van der Waals surface area contributed by atoms with E-state index in [1.54, 1.807) is 12.1 Å². The minimum atomic E-state index is -0.936. The highest BCUT2D eigenvalue weighted by molar-refractivity contribution is 5.92. The Balaban J connectivity index is 2.32. The van der Waals surface area contributed by atoms with Crippen molar-refractivity contribution in [3.63, 3.8) is 0 Å². The topological polar surface area (TPSA) is 63.1 Å². The highest BCUT2D eigenvalue weighted by Crippen LogP contribution is 2.49. The molecule has 1 aromatic carbocycles. The number of halogens is 1. The van der Waals surface area contributed by atoms with E-state index in [1.165, 1.54) is 12.4 Å². The van der Waals surface area contributed by atoms with E-state index in [0.29, 0.717) is 23.9 Å². The van der Waals surface area contributed by atoms with Crippen LogP contribution < -0.4 is 0 Å². The van der Waals surface area contributed by atoms with Crippen molar-refractivity contribution in [2.24, 2.45) is 0 Å². The smallest absolute Gasteiger partial charge is 0.315 e. The Bertz CT molecular complexity index is 623. The summed E-state index contributed by atoms with van der Waals surface area (Å²) in [4.78, 5) is 19.2. The summed E-state index contributed by atoms with van der Waals surface area (Å²) in [5, 5.41) is 9.72. The molecule has 86 valence electrons.